The third-order valence-corrected chi connectivity index (χ3v) is 7.64. The van der Waals surface area contributed by atoms with Crippen molar-refractivity contribution in [1.29, 1.82) is 0 Å². The van der Waals surface area contributed by atoms with Gasteiger partial charge in [-0.3, -0.25) is 9.79 Å². The molecule has 0 bridgehead atoms. The maximum absolute atomic E-state index is 14.6. The Labute approximate surface area is 229 Å². The molecule has 1 heterocycles. The van der Waals surface area contributed by atoms with Gasteiger partial charge in [0.15, 0.2) is 0 Å². The molecule has 2 atom stereocenters. The zero-order chi connectivity index (χ0) is 28.3. The average molecular weight is 557 g/mol. The van der Waals surface area contributed by atoms with Crippen LogP contribution in [0.15, 0.2) is 71.7 Å². The van der Waals surface area contributed by atoms with E-state index < -0.39 is 30.0 Å². The highest BCUT2D eigenvalue weighted by Gasteiger charge is 2.38. The number of aliphatic imine (C=N–C) groups is 1. The molecule has 3 aromatic rings. The fraction of sp³-hybridized carbons (Fsp3) is 0.355. The van der Waals surface area contributed by atoms with Crippen LogP contribution in [0.1, 0.15) is 55.7 Å². The Morgan fingerprint density at radius 3 is 2.08 bits per heavy atom. The standard InChI is InChI=1S/C31H29F5N2O2/c32-25-7-4-8-26(33)28(25)27-17-24(30(39)37-18-19-5-2-1-3-6-19)29(38-27)22-11-9-20(10-12-22)21-13-15-23(16-14-21)40-31(34,35)36/h4,7-16,19,24,29H,1-3,5-6,17-18H2,(H,37,39)/t24-,29?/m0/s1. The van der Waals surface area contributed by atoms with Crippen molar-refractivity contribution in [3.8, 4) is 16.9 Å². The highest BCUT2D eigenvalue weighted by atomic mass is 19.4. The SMILES string of the molecule is O=C(NCC1CCCCC1)[C@H]1CC(c2c(F)cccc2F)=NC1c1ccc(-c2ccc(OC(F)(F)F)cc2)cc1. The summed E-state index contributed by atoms with van der Waals surface area (Å²) in [6.07, 6.45) is 0.981. The number of alkyl halides is 3. The number of carbonyl (C=O) groups is 1. The number of rotatable bonds is 7. The van der Waals surface area contributed by atoms with Gasteiger partial charge < -0.3 is 10.1 Å². The topological polar surface area (TPSA) is 50.7 Å². The molecule has 3 aromatic carbocycles. The van der Waals surface area contributed by atoms with E-state index in [0.717, 1.165) is 31.2 Å². The van der Waals surface area contributed by atoms with E-state index in [-0.39, 0.29) is 29.4 Å². The van der Waals surface area contributed by atoms with Crippen LogP contribution in [0.25, 0.3) is 11.1 Å². The molecule has 1 amide bonds. The zero-order valence-electron chi connectivity index (χ0n) is 21.7. The second-order valence-corrected chi connectivity index (χ2v) is 10.4. The molecule has 2 aliphatic rings. The molecule has 1 unspecified atom stereocenters. The highest BCUT2D eigenvalue weighted by molar-refractivity contribution is 6.05. The normalized spacial score (nSPS) is 19.8. The number of amides is 1. The van der Waals surface area contributed by atoms with Crippen LogP contribution in [0.2, 0.25) is 0 Å². The molecule has 1 aliphatic carbocycles. The summed E-state index contributed by atoms with van der Waals surface area (Å²) in [6, 6.07) is 15.6. The van der Waals surface area contributed by atoms with E-state index in [9.17, 15) is 26.7 Å². The molecule has 0 spiro atoms. The van der Waals surface area contributed by atoms with Crippen LogP contribution in [0.3, 0.4) is 0 Å². The number of ether oxygens (including phenoxy) is 1. The fourth-order valence-corrected chi connectivity index (χ4v) is 5.60. The van der Waals surface area contributed by atoms with Crippen LogP contribution in [0.5, 0.6) is 5.75 Å². The van der Waals surface area contributed by atoms with Gasteiger partial charge in [0.1, 0.15) is 17.4 Å². The number of benzene rings is 3. The summed E-state index contributed by atoms with van der Waals surface area (Å²) >= 11 is 0. The molecule has 1 N–H and O–H groups in total. The molecule has 1 fully saturated rings. The summed E-state index contributed by atoms with van der Waals surface area (Å²) in [5.41, 5.74) is 2.11. The smallest absolute Gasteiger partial charge is 0.406 e. The number of hydrogen-bond donors (Lipinski definition) is 1. The van der Waals surface area contributed by atoms with E-state index in [4.69, 9.17) is 0 Å². The number of nitrogens with zero attached hydrogens (tertiary/aromatic N) is 1. The molecular formula is C31H29F5N2O2. The van der Waals surface area contributed by atoms with Crippen molar-refractivity contribution in [1.82, 2.24) is 5.32 Å². The van der Waals surface area contributed by atoms with Crippen LogP contribution in [0, 0.1) is 23.5 Å². The Morgan fingerprint density at radius 1 is 0.875 bits per heavy atom. The van der Waals surface area contributed by atoms with Crippen LogP contribution < -0.4 is 10.1 Å². The van der Waals surface area contributed by atoms with Crippen LogP contribution in [0.4, 0.5) is 22.0 Å². The van der Waals surface area contributed by atoms with E-state index in [0.29, 0.717) is 23.6 Å². The van der Waals surface area contributed by atoms with Crippen LogP contribution in [-0.4, -0.2) is 24.5 Å². The van der Waals surface area contributed by atoms with Crippen molar-refractivity contribution >= 4 is 11.6 Å². The van der Waals surface area contributed by atoms with Gasteiger partial charge in [-0.25, -0.2) is 8.78 Å². The molecule has 9 heteroatoms. The first kappa shape index (κ1) is 27.8. The summed E-state index contributed by atoms with van der Waals surface area (Å²) in [4.78, 5) is 18.0. The first-order valence-corrected chi connectivity index (χ1v) is 13.4. The summed E-state index contributed by atoms with van der Waals surface area (Å²) in [7, 11) is 0. The molecular weight excluding hydrogens is 527 g/mol. The monoisotopic (exact) mass is 556 g/mol. The van der Waals surface area contributed by atoms with Crippen molar-refractivity contribution in [2.45, 2.75) is 50.9 Å². The molecule has 0 radical (unpaired) electrons. The molecule has 210 valence electrons. The Kier molecular flexibility index (Phi) is 8.19. The van der Waals surface area contributed by atoms with Crippen LogP contribution >= 0.6 is 0 Å². The van der Waals surface area contributed by atoms with Crippen molar-refractivity contribution in [3.63, 3.8) is 0 Å². The minimum atomic E-state index is -4.77. The third kappa shape index (κ3) is 6.51. The van der Waals surface area contributed by atoms with Crippen molar-refractivity contribution in [2.75, 3.05) is 6.54 Å². The van der Waals surface area contributed by atoms with Gasteiger partial charge in [0.2, 0.25) is 5.91 Å². The summed E-state index contributed by atoms with van der Waals surface area (Å²) < 4.78 is 70.6. The first-order valence-electron chi connectivity index (χ1n) is 13.4. The van der Waals surface area contributed by atoms with Crippen molar-refractivity contribution in [3.05, 3.63) is 89.5 Å². The molecule has 0 saturated heterocycles. The fourth-order valence-electron chi connectivity index (χ4n) is 5.60. The largest absolute Gasteiger partial charge is 0.573 e. The van der Waals surface area contributed by atoms with E-state index in [1.807, 2.05) is 0 Å². The van der Waals surface area contributed by atoms with Crippen molar-refractivity contribution < 1.29 is 31.5 Å². The number of carbonyl (C=O) groups excluding carboxylic acids is 1. The second kappa shape index (κ2) is 11.8. The van der Waals surface area contributed by atoms with Gasteiger partial charge >= 0.3 is 6.36 Å². The summed E-state index contributed by atoms with van der Waals surface area (Å²) in [5.74, 6) is -2.18. The lowest BCUT2D eigenvalue weighted by molar-refractivity contribution is -0.274. The Bertz CT molecular complexity index is 1340. The van der Waals surface area contributed by atoms with Crippen molar-refractivity contribution in [2.24, 2.45) is 16.8 Å². The molecule has 1 saturated carbocycles. The Hall–Kier alpha value is -3.75. The third-order valence-electron chi connectivity index (χ3n) is 7.64. The van der Waals surface area contributed by atoms with Gasteiger partial charge in [-0.15, -0.1) is 13.2 Å². The van der Waals surface area contributed by atoms with Gasteiger partial charge in [0.25, 0.3) is 0 Å². The van der Waals surface area contributed by atoms with Crippen LogP contribution in [-0.2, 0) is 4.79 Å². The van der Waals surface area contributed by atoms with Gasteiger partial charge in [0, 0.05) is 18.7 Å². The predicted octanol–water partition coefficient (Wildman–Crippen LogP) is 7.78. The quantitative estimate of drug-likeness (QED) is 0.302. The van der Waals surface area contributed by atoms with E-state index in [1.54, 1.807) is 24.3 Å². The van der Waals surface area contributed by atoms with E-state index >= 15 is 0 Å². The molecule has 1 aliphatic heterocycles. The van der Waals surface area contributed by atoms with E-state index in [1.165, 1.54) is 48.9 Å². The lowest BCUT2D eigenvalue weighted by Crippen LogP contribution is -2.36. The summed E-state index contributed by atoms with van der Waals surface area (Å²) in [6.45, 7) is 0.568. The van der Waals surface area contributed by atoms with E-state index in [2.05, 4.69) is 15.0 Å². The Balaban J connectivity index is 1.38. The number of halogens is 5. The zero-order valence-corrected chi connectivity index (χ0v) is 21.7. The Morgan fingerprint density at radius 2 is 1.48 bits per heavy atom. The maximum atomic E-state index is 14.6. The molecule has 40 heavy (non-hydrogen) atoms. The minimum Gasteiger partial charge on any atom is -0.406 e. The number of hydrogen-bond acceptors (Lipinski definition) is 3. The summed E-state index contributed by atoms with van der Waals surface area (Å²) in [5, 5.41) is 3.06. The predicted molar refractivity (Wildman–Crippen MR) is 142 cm³/mol. The molecule has 4 nitrogen and oxygen atoms in total. The van der Waals surface area contributed by atoms with Gasteiger partial charge in [-0.2, -0.15) is 0 Å². The first-order chi connectivity index (χ1) is 19.2. The maximum Gasteiger partial charge on any atom is 0.573 e. The minimum absolute atomic E-state index is 0.0986. The van der Waals surface area contributed by atoms with Gasteiger partial charge in [-0.05, 0) is 59.7 Å². The lowest BCUT2D eigenvalue weighted by atomic mass is 9.88. The number of nitrogens with one attached hydrogen (secondary N) is 1. The molecule has 5 rings (SSSR count). The average Bonchev–Trinajstić information content (AvgIpc) is 3.37. The van der Waals surface area contributed by atoms with Gasteiger partial charge in [-0.1, -0.05) is 61.7 Å². The highest BCUT2D eigenvalue weighted by Crippen LogP contribution is 2.39. The molecule has 0 aromatic heterocycles. The second-order valence-electron chi connectivity index (χ2n) is 10.4. The van der Waals surface area contributed by atoms with Gasteiger partial charge in [0.05, 0.1) is 17.5 Å². The lowest BCUT2D eigenvalue weighted by Gasteiger charge is -2.24.